The molecular weight excluding hydrogens is 421 g/mol. The standard InChI is InChI=1S/C20H15F3N2O4S/c21-20(22,23)13-8-10-15(11-9-13)29-18-7-2-1-6-17(18)19(26)25-14-4-3-5-16(12-14)30(24,27)28/h1-12H,(H,25,26)(H2,24,27,28). The number of alkyl halides is 3. The van der Waals surface area contributed by atoms with Gasteiger partial charge in [0.05, 0.1) is 16.0 Å². The fourth-order valence-electron chi connectivity index (χ4n) is 2.53. The Labute approximate surface area is 170 Å². The molecule has 0 saturated carbocycles. The van der Waals surface area contributed by atoms with E-state index in [1.165, 1.54) is 36.4 Å². The number of hydrogen-bond acceptors (Lipinski definition) is 4. The fourth-order valence-corrected chi connectivity index (χ4v) is 3.09. The van der Waals surface area contributed by atoms with Gasteiger partial charge in [0.1, 0.15) is 11.5 Å². The molecule has 3 N–H and O–H groups in total. The summed E-state index contributed by atoms with van der Waals surface area (Å²) in [6.07, 6.45) is -4.47. The van der Waals surface area contributed by atoms with Crippen LogP contribution in [0.25, 0.3) is 0 Å². The smallest absolute Gasteiger partial charge is 0.416 e. The molecule has 1 amide bonds. The molecule has 0 fully saturated rings. The second-order valence-corrected chi connectivity index (χ2v) is 7.71. The minimum atomic E-state index is -4.47. The Morgan fingerprint density at radius 1 is 0.933 bits per heavy atom. The maximum atomic E-state index is 12.7. The molecule has 0 bridgehead atoms. The minimum absolute atomic E-state index is 0.0957. The molecule has 3 aromatic carbocycles. The van der Waals surface area contributed by atoms with E-state index in [0.29, 0.717) is 0 Å². The number of nitrogens with one attached hydrogen (secondary N) is 1. The van der Waals surface area contributed by atoms with Crippen molar-refractivity contribution in [2.45, 2.75) is 11.1 Å². The first-order chi connectivity index (χ1) is 14.0. The van der Waals surface area contributed by atoms with Gasteiger partial charge in [-0.15, -0.1) is 0 Å². The number of primary sulfonamides is 1. The molecule has 0 spiro atoms. The highest BCUT2D eigenvalue weighted by Crippen LogP contribution is 2.32. The molecule has 3 rings (SSSR count). The Morgan fingerprint density at radius 2 is 1.60 bits per heavy atom. The lowest BCUT2D eigenvalue weighted by molar-refractivity contribution is -0.137. The van der Waals surface area contributed by atoms with Crippen LogP contribution in [0.15, 0.2) is 77.7 Å². The maximum absolute atomic E-state index is 12.7. The molecule has 0 aliphatic rings. The normalized spacial score (nSPS) is 11.7. The molecule has 0 heterocycles. The Morgan fingerprint density at radius 3 is 2.23 bits per heavy atom. The lowest BCUT2D eigenvalue weighted by Crippen LogP contribution is -2.15. The Balaban J connectivity index is 1.82. The van der Waals surface area contributed by atoms with E-state index in [0.717, 1.165) is 24.3 Å². The second-order valence-electron chi connectivity index (χ2n) is 6.15. The van der Waals surface area contributed by atoms with Gasteiger partial charge in [-0.1, -0.05) is 18.2 Å². The number of carbonyl (C=O) groups is 1. The van der Waals surface area contributed by atoms with Crippen LogP contribution in [0.3, 0.4) is 0 Å². The van der Waals surface area contributed by atoms with Crippen molar-refractivity contribution in [3.8, 4) is 11.5 Å². The lowest BCUT2D eigenvalue weighted by Gasteiger charge is -2.13. The molecule has 0 saturated heterocycles. The number of para-hydroxylation sites is 1. The predicted octanol–water partition coefficient (Wildman–Crippen LogP) is 4.40. The van der Waals surface area contributed by atoms with Gasteiger partial charge < -0.3 is 10.1 Å². The van der Waals surface area contributed by atoms with E-state index in [2.05, 4.69) is 5.32 Å². The zero-order valence-corrected chi connectivity index (χ0v) is 16.0. The third-order valence-electron chi connectivity index (χ3n) is 3.96. The summed E-state index contributed by atoms with van der Waals surface area (Å²) in [7, 11) is -3.94. The molecule has 3 aromatic rings. The summed E-state index contributed by atoms with van der Waals surface area (Å²) in [5.74, 6) is -0.388. The fraction of sp³-hybridized carbons (Fsp3) is 0.0500. The van der Waals surface area contributed by atoms with Crippen LogP contribution < -0.4 is 15.2 Å². The predicted molar refractivity (Wildman–Crippen MR) is 104 cm³/mol. The number of benzene rings is 3. The second kappa shape index (κ2) is 8.17. The number of ether oxygens (including phenoxy) is 1. The van der Waals surface area contributed by atoms with E-state index in [9.17, 15) is 26.4 Å². The Hall–Kier alpha value is -3.37. The van der Waals surface area contributed by atoms with Crippen molar-refractivity contribution in [2.75, 3.05) is 5.32 Å². The van der Waals surface area contributed by atoms with Gasteiger partial charge in [0, 0.05) is 5.69 Å². The molecular formula is C20H15F3N2O4S. The molecule has 0 radical (unpaired) electrons. The molecule has 0 unspecified atom stereocenters. The summed E-state index contributed by atoms with van der Waals surface area (Å²) in [6.45, 7) is 0. The number of rotatable bonds is 5. The number of halogens is 3. The molecule has 0 aromatic heterocycles. The number of amides is 1. The molecule has 10 heteroatoms. The van der Waals surface area contributed by atoms with Crippen molar-refractivity contribution < 1.29 is 31.1 Å². The van der Waals surface area contributed by atoms with Crippen molar-refractivity contribution in [1.82, 2.24) is 0 Å². The molecule has 0 aliphatic carbocycles. The van der Waals surface area contributed by atoms with Crippen molar-refractivity contribution in [3.63, 3.8) is 0 Å². The summed E-state index contributed by atoms with van der Waals surface area (Å²) >= 11 is 0. The topological polar surface area (TPSA) is 98.5 Å². The summed E-state index contributed by atoms with van der Waals surface area (Å²) in [6, 6.07) is 15.5. The van der Waals surface area contributed by atoms with Gasteiger partial charge >= 0.3 is 6.18 Å². The van der Waals surface area contributed by atoms with Crippen LogP contribution in [0.4, 0.5) is 18.9 Å². The van der Waals surface area contributed by atoms with Crippen molar-refractivity contribution in [2.24, 2.45) is 5.14 Å². The highest BCUT2D eigenvalue weighted by Gasteiger charge is 2.30. The molecule has 0 atom stereocenters. The van der Waals surface area contributed by atoms with Crippen molar-refractivity contribution in [1.29, 1.82) is 0 Å². The third-order valence-corrected chi connectivity index (χ3v) is 4.87. The number of hydrogen-bond donors (Lipinski definition) is 2. The van der Waals surface area contributed by atoms with Crippen LogP contribution in [0, 0.1) is 0 Å². The number of sulfonamides is 1. The number of anilines is 1. The minimum Gasteiger partial charge on any atom is -0.457 e. The largest absolute Gasteiger partial charge is 0.457 e. The first-order valence-corrected chi connectivity index (χ1v) is 9.97. The van der Waals surface area contributed by atoms with Crippen LogP contribution in [0.1, 0.15) is 15.9 Å². The van der Waals surface area contributed by atoms with Crippen LogP contribution in [0.2, 0.25) is 0 Å². The highest BCUT2D eigenvalue weighted by molar-refractivity contribution is 7.89. The average Bonchev–Trinajstić information content (AvgIpc) is 2.67. The van der Waals surface area contributed by atoms with E-state index >= 15 is 0 Å². The SMILES string of the molecule is NS(=O)(=O)c1cccc(NC(=O)c2ccccc2Oc2ccc(C(F)(F)F)cc2)c1. The van der Waals surface area contributed by atoms with E-state index in [1.807, 2.05) is 0 Å². The van der Waals surface area contributed by atoms with E-state index in [-0.39, 0.29) is 27.6 Å². The van der Waals surface area contributed by atoms with E-state index < -0.39 is 27.7 Å². The Bertz CT molecular complexity index is 1180. The van der Waals surface area contributed by atoms with Gasteiger partial charge in [-0.05, 0) is 54.6 Å². The van der Waals surface area contributed by atoms with Crippen LogP contribution in [0.5, 0.6) is 11.5 Å². The van der Waals surface area contributed by atoms with Gasteiger partial charge in [0.25, 0.3) is 5.91 Å². The highest BCUT2D eigenvalue weighted by atomic mass is 32.2. The molecule has 30 heavy (non-hydrogen) atoms. The quantitative estimate of drug-likeness (QED) is 0.619. The Kier molecular flexibility index (Phi) is 5.81. The molecule has 156 valence electrons. The first kappa shape index (κ1) is 21.3. The van der Waals surface area contributed by atoms with Crippen LogP contribution >= 0.6 is 0 Å². The molecule has 6 nitrogen and oxygen atoms in total. The first-order valence-electron chi connectivity index (χ1n) is 8.42. The van der Waals surface area contributed by atoms with Crippen molar-refractivity contribution in [3.05, 3.63) is 83.9 Å². The lowest BCUT2D eigenvalue weighted by atomic mass is 10.1. The van der Waals surface area contributed by atoms with Gasteiger partial charge in [0.2, 0.25) is 10.0 Å². The van der Waals surface area contributed by atoms with Crippen molar-refractivity contribution >= 4 is 21.6 Å². The zero-order chi connectivity index (χ0) is 21.9. The van der Waals surface area contributed by atoms with Gasteiger partial charge in [-0.2, -0.15) is 13.2 Å². The van der Waals surface area contributed by atoms with E-state index in [1.54, 1.807) is 12.1 Å². The van der Waals surface area contributed by atoms with Gasteiger partial charge in [-0.3, -0.25) is 4.79 Å². The van der Waals surface area contributed by atoms with Crippen LogP contribution in [-0.2, 0) is 16.2 Å². The summed E-state index contributed by atoms with van der Waals surface area (Å²) < 4.78 is 66.5. The summed E-state index contributed by atoms with van der Waals surface area (Å²) in [5, 5.41) is 7.62. The van der Waals surface area contributed by atoms with Gasteiger partial charge in [-0.25, -0.2) is 13.6 Å². The zero-order valence-electron chi connectivity index (χ0n) is 15.2. The van der Waals surface area contributed by atoms with Gasteiger partial charge in [0.15, 0.2) is 0 Å². The molecule has 0 aliphatic heterocycles. The third kappa shape index (κ3) is 5.16. The monoisotopic (exact) mass is 436 g/mol. The average molecular weight is 436 g/mol. The summed E-state index contributed by atoms with van der Waals surface area (Å²) in [5.41, 5.74) is -0.537. The summed E-state index contributed by atoms with van der Waals surface area (Å²) in [4.78, 5) is 12.5. The number of nitrogens with two attached hydrogens (primary N) is 1. The van der Waals surface area contributed by atoms with E-state index in [4.69, 9.17) is 9.88 Å². The van der Waals surface area contributed by atoms with Crippen LogP contribution in [-0.4, -0.2) is 14.3 Å². The number of carbonyl (C=O) groups excluding carboxylic acids is 1. The maximum Gasteiger partial charge on any atom is 0.416 e.